The lowest BCUT2D eigenvalue weighted by Crippen LogP contribution is -2.37. The Morgan fingerprint density at radius 3 is 2.70 bits per heavy atom. The molecule has 37 heavy (non-hydrogen) atoms. The predicted molar refractivity (Wildman–Crippen MR) is 140 cm³/mol. The van der Waals surface area contributed by atoms with Crippen molar-refractivity contribution in [1.29, 1.82) is 0 Å². The van der Waals surface area contributed by atoms with Crippen LogP contribution in [0.2, 0.25) is 0 Å². The molecular formula is C30H29FN2O4. The Hall–Kier alpha value is -3.84. The summed E-state index contributed by atoms with van der Waals surface area (Å²) >= 11 is 0. The van der Waals surface area contributed by atoms with Gasteiger partial charge in [0.15, 0.2) is 0 Å². The van der Waals surface area contributed by atoms with Gasteiger partial charge in [0.25, 0.3) is 0 Å². The van der Waals surface area contributed by atoms with Gasteiger partial charge in [0, 0.05) is 40.2 Å². The molecule has 1 aliphatic carbocycles. The minimum absolute atomic E-state index is 0.114. The summed E-state index contributed by atoms with van der Waals surface area (Å²) < 4.78 is 33.0. The number of carbonyl (C=O) groups excluding carboxylic acids is 1. The summed E-state index contributed by atoms with van der Waals surface area (Å²) in [5, 5.41) is 0.872. The van der Waals surface area contributed by atoms with E-state index in [2.05, 4.69) is 11.0 Å². The lowest BCUT2D eigenvalue weighted by atomic mass is 9.95. The molecule has 2 heterocycles. The van der Waals surface area contributed by atoms with Crippen LogP contribution in [0.15, 0.2) is 65.3 Å². The van der Waals surface area contributed by atoms with Gasteiger partial charge in [0.05, 0.1) is 31.5 Å². The number of nitrogens with two attached hydrogens (primary N) is 1. The normalized spacial score (nSPS) is 16.9. The van der Waals surface area contributed by atoms with Crippen molar-refractivity contribution in [1.82, 2.24) is 0 Å². The van der Waals surface area contributed by atoms with E-state index in [0.717, 1.165) is 35.0 Å². The number of esters is 1. The third-order valence-electron chi connectivity index (χ3n) is 7.17. The second-order valence-electron chi connectivity index (χ2n) is 9.63. The van der Waals surface area contributed by atoms with Crippen molar-refractivity contribution in [2.75, 3.05) is 18.1 Å². The van der Waals surface area contributed by atoms with Crippen LogP contribution in [0.25, 0.3) is 22.1 Å². The summed E-state index contributed by atoms with van der Waals surface area (Å²) in [4.78, 5) is 14.7. The molecule has 1 saturated carbocycles. The Labute approximate surface area is 214 Å². The third-order valence-corrected chi connectivity index (χ3v) is 7.17. The molecule has 2 N–H and O–H groups in total. The number of anilines is 1. The molecular weight excluding hydrogens is 471 g/mol. The number of carbonyl (C=O) groups is 1. The summed E-state index contributed by atoms with van der Waals surface area (Å²) in [6.45, 7) is 2.91. The van der Waals surface area contributed by atoms with Gasteiger partial charge in [-0.05, 0) is 49.6 Å². The number of halogens is 1. The molecule has 1 aliphatic heterocycles. The van der Waals surface area contributed by atoms with Crippen LogP contribution in [0.5, 0.6) is 5.75 Å². The molecule has 1 atom stereocenters. The van der Waals surface area contributed by atoms with Gasteiger partial charge in [-0.15, -0.1) is 0 Å². The number of fused-ring (bicyclic) bond motifs is 2. The van der Waals surface area contributed by atoms with Gasteiger partial charge >= 0.3 is 5.97 Å². The van der Waals surface area contributed by atoms with Gasteiger partial charge in [-0.1, -0.05) is 30.3 Å². The Balaban J connectivity index is 1.44. The van der Waals surface area contributed by atoms with E-state index in [0.29, 0.717) is 47.2 Å². The predicted octanol–water partition coefficient (Wildman–Crippen LogP) is 5.91. The van der Waals surface area contributed by atoms with Crippen molar-refractivity contribution >= 4 is 22.6 Å². The van der Waals surface area contributed by atoms with Gasteiger partial charge in [-0.3, -0.25) is 4.79 Å². The zero-order valence-corrected chi connectivity index (χ0v) is 20.7. The number of hydrogen-bond acceptors (Lipinski definition) is 6. The smallest absolute Gasteiger partial charge is 0.310 e. The first kappa shape index (κ1) is 23.6. The molecule has 0 spiro atoms. The van der Waals surface area contributed by atoms with Crippen LogP contribution in [0.4, 0.5) is 10.1 Å². The van der Waals surface area contributed by atoms with Gasteiger partial charge < -0.3 is 24.5 Å². The number of para-hydroxylation sites is 1. The fraction of sp³-hybridized carbons (Fsp3) is 0.300. The number of benzene rings is 3. The quantitative estimate of drug-likeness (QED) is 0.318. The summed E-state index contributed by atoms with van der Waals surface area (Å²) in [6, 6.07) is 17.5. The van der Waals surface area contributed by atoms with Crippen LogP contribution in [0.3, 0.4) is 0 Å². The van der Waals surface area contributed by atoms with E-state index in [1.807, 2.05) is 36.4 Å². The highest BCUT2D eigenvalue weighted by atomic mass is 19.1. The first-order chi connectivity index (χ1) is 18.1. The van der Waals surface area contributed by atoms with Crippen LogP contribution in [-0.2, 0) is 22.5 Å². The van der Waals surface area contributed by atoms with Gasteiger partial charge in [-0.25, -0.2) is 4.39 Å². The molecule has 0 bridgehead atoms. The van der Waals surface area contributed by atoms with Gasteiger partial charge in [-0.2, -0.15) is 0 Å². The second-order valence-corrected chi connectivity index (χ2v) is 9.63. The molecule has 0 amide bonds. The summed E-state index contributed by atoms with van der Waals surface area (Å²) in [7, 11) is 0. The molecule has 2 aliphatic rings. The van der Waals surface area contributed by atoms with Crippen molar-refractivity contribution in [2.45, 2.75) is 44.9 Å². The Kier molecular flexibility index (Phi) is 6.08. The molecule has 0 saturated heterocycles. The first-order valence-electron chi connectivity index (χ1n) is 12.8. The van der Waals surface area contributed by atoms with Crippen molar-refractivity contribution in [3.8, 4) is 16.9 Å². The molecule has 3 aromatic carbocycles. The number of ether oxygens (including phenoxy) is 2. The maximum Gasteiger partial charge on any atom is 0.310 e. The number of nitrogens with zero attached hydrogens (tertiary/aromatic N) is 1. The van der Waals surface area contributed by atoms with Crippen LogP contribution in [-0.4, -0.2) is 25.2 Å². The maximum absolute atomic E-state index is 15.4. The zero-order valence-electron chi connectivity index (χ0n) is 20.7. The van der Waals surface area contributed by atoms with Crippen molar-refractivity contribution < 1.29 is 23.1 Å². The van der Waals surface area contributed by atoms with Crippen molar-refractivity contribution in [2.24, 2.45) is 5.73 Å². The largest absolute Gasteiger partial charge is 0.481 e. The summed E-state index contributed by atoms with van der Waals surface area (Å²) in [5.41, 5.74) is 10.7. The minimum atomic E-state index is -0.342. The summed E-state index contributed by atoms with van der Waals surface area (Å²) in [5.74, 6) is 0.0897. The van der Waals surface area contributed by atoms with E-state index < -0.39 is 0 Å². The van der Waals surface area contributed by atoms with Gasteiger partial charge in [0.1, 0.15) is 23.3 Å². The molecule has 1 fully saturated rings. The van der Waals surface area contributed by atoms with E-state index in [1.165, 1.54) is 0 Å². The highest BCUT2D eigenvalue weighted by Gasteiger charge is 2.38. The Morgan fingerprint density at radius 2 is 1.92 bits per heavy atom. The topological polar surface area (TPSA) is 77.9 Å². The fourth-order valence-electron chi connectivity index (χ4n) is 5.24. The summed E-state index contributed by atoms with van der Waals surface area (Å²) in [6.07, 6.45) is 3.70. The minimum Gasteiger partial charge on any atom is -0.481 e. The van der Waals surface area contributed by atoms with E-state index in [1.54, 1.807) is 25.3 Å². The molecule has 4 aromatic rings. The average Bonchev–Trinajstić information content (AvgIpc) is 3.64. The lowest BCUT2D eigenvalue weighted by molar-refractivity contribution is -0.142. The van der Waals surface area contributed by atoms with Crippen LogP contribution in [0.1, 0.15) is 42.6 Å². The van der Waals surface area contributed by atoms with Crippen LogP contribution >= 0.6 is 0 Å². The molecule has 190 valence electrons. The fourth-order valence-corrected chi connectivity index (χ4v) is 5.24. The molecule has 0 radical (unpaired) electrons. The highest BCUT2D eigenvalue weighted by molar-refractivity contribution is 5.93. The molecule has 1 unspecified atom stereocenters. The van der Waals surface area contributed by atoms with E-state index in [-0.39, 0.29) is 30.9 Å². The SMILES string of the molecule is CCOC(=O)Cc1cccc2c1OC(c1cc(-c3cccc(CN)c3F)c3occc3c1)CN2C1CC1. The zero-order chi connectivity index (χ0) is 25.5. The maximum atomic E-state index is 15.4. The van der Waals surface area contributed by atoms with Crippen molar-refractivity contribution in [3.05, 3.63) is 83.4 Å². The first-order valence-corrected chi connectivity index (χ1v) is 12.8. The van der Waals surface area contributed by atoms with Crippen LogP contribution in [0, 0.1) is 5.82 Å². The third kappa shape index (κ3) is 4.33. The monoisotopic (exact) mass is 500 g/mol. The second kappa shape index (κ2) is 9.56. The van der Waals surface area contributed by atoms with E-state index >= 15 is 4.39 Å². The Morgan fingerprint density at radius 1 is 1.11 bits per heavy atom. The van der Waals surface area contributed by atoms with Crippen LogP contribution < -0.4 is 15.4 Å². The number of hydrogen-bond donors (Lipinski definition) is 1. The highest BCUT2D eigenvalue weighted by Crippen LogP contribution is 2.46. The van der Waals surface area contributed by atoms with Crippen molar-refractivity contribution in [3.63, 3.8) is 0 Å². The number of furan rings is 1. The van der Waals surface area contributed by atoms with E-state index in [4.69, 9.17) is 19.6 Å². The molecule has 6 nitrogen and oxygen atoms in total. The van der Waals surface area contributed by atoms with Gasteiger partial charge in [0.2, 0.25) is 0 Å². The average molecular weight is 501 g/mol. The van der Waals surface area contributed by atoms with E-state index in [9.17, 15) is 4.79 Å². The molecule has 7 heteroatoms. The molecule has 1 aromatic heterocycles. The standard InChI is InChI=1S/C30H29FN2O4/c1-2-35-27(34)15-18-5-4-8-25-30(18)37-26(17-33(25)22-9-10-22)21-13-19-11-12-36-29(19)24(14-21)23-7-3-6-20(16-32)28(23)31/h3-8,11-14,22,26H,2,9-10,15-17,32H2,1H3. The number of rotatable bonds is 7. The molecule has 6 rings (SSSR count). The Bertz CT molecular complexity index is 1480. The lowest BCUT2D eigenvalue weighted by Gasteiger charge is -2.38.